The summed E-state index contributed by atoms with van der Waals surface area (Å²) in [5.41, 5.74) is 28.8. The Kier molecular flexibility index (Phi) is 25.4. The average Bonchev–Trinajstić information content (AvgIpc) is 0.819. The third-order valence-electron chi connectivity index (χ3n) is 18.5. The number of pyridine rings is 5. The topological polar surface area (TPSA) is 64.5 Å². The van der Waals surface area contributed by atoms with Gasteiger partial charge in [0, 0.05) is 54.7 Å². The summed E-state index contributed by atoms with van der Waals surface area (Å²) >= 11 is 0. The largest absolute Gasteiger partial charge is 0.248 e. The summed E-state index contributed by atoms with van der Waals surface area (Å²) in [6.45, 7) is 31.1. The molecule has 0 aliphatic carbocycles. The Morgan fingerprint density at radius 1 is 0.192 bits per heavy atom. The summed E-state index contributed by atoms with van der Waals surface area (Å²) in [6.07, 6.45) is 5.46. The molecule has 0 radical (unpaired) electrons. The molecule has 15 aromatic rings. The van der Waals surface area contributed by atoms with Crippen molar-refractivity contribution in [2.45, 2.75) is 129 Å². The van der Waals surface area contributed by atoms with Gasteiger partial charge in [-0.1, -0.05) is 286 Å². The second-order valence-corrected chi connectivity index (χ2v) is 30.2. The van der Waals surface area contributed by atoms with E-state index in [1.165, 1.54) is 105 Å². The highest BCUT2D eigenvalue weighted by atomic mass is 14.7. The van der Waals surface area contributed by atoms with E-state index in [0.29, 0.717) is 29.6 Å². The number of fused-ring (bicyclic) bond motifs is 5. The molecule has 5 nitrogen and oxygen atoms in total. The number of aromatic nitrogens is 5. The summed E-state index contributed by atoms with van der Waals surface area (Å²) in [6, 6.07) is 98.2. The lowest BCUT2D eigenvalue weighted by molar-refractivity contribution is 0.650. The average molecular weight is 1360 g/mol. The lowest BCUT2D eigenvalue weighted by atomic mass is 9.96. The molecule has 0 N–H and O–H groups in total. The molecule has 0 atom stereocenters. The maximum Gasteiger partial charge on any atom is 0.0712 e. The highest BCUT2D eigenvalue weighted by Gasteiger charge is 2.15. The Bertz CT molecular complexity index is 5290. The molecule has 15 rings (SSSR count). The van der Waals surface area contributed by atoms with Crippen molar-refractivity contribution in [2.75, 3.05) is 0 Å². The van der Waals surface area contributed by atoms with E-state index >= 15 is 0 Å². The van der Waals surface area contributed by atoms with Gasteiger partial charge in [0.05, 0.1) is 56.1 Å². The summed E-state index contributed by atoms with van der Waals surface area (Å²) in [4.78, 5) is 24.2. The highest BCUT2D eigenvalue weighted by Crippen LogP contribution is 2.33. The molecule has 0 amide bonds. The Morgan fingerprint density at radius 2 is 0.452 bits per heavy atom. The quantitative estimate of drug-likeness (QED) is 0.102. The van der Waals surface area contributed by atoms with Crippen LogP contribution in [0.15, 0.2) is 279 Å². The van der Waals surface area contributed by atoms with E-state index in [2.05, 4.69) is 364 Å². The first-order chi connectivity index (χ1) is 50.3. The number of benzene rings is 10. The normalized spacial score (nSPS) is 11.2. The van der Waals surface area contributed by atoms with Gasteiger partial charge in [-0.15, -0.1) is 0 Å². The molecule has 0 spiro atoms. The van der Waals surface area contributed by atoms with Crippen molar-refractivity contribution in [1.82, 2.24) is 24.9 Å². The summed E-state index contributed by atoms with van der Waals surface area (Å²) in [5.74, 6) is 3.24. The Hall–Kier alpha value is -10.8. The smallest absolute Gasteiger partial charge is 0.0712 e. The molecule has 5 heterocycles. The monoisotopic (exact) mass is 1360 g/mol. The van der Waals surface area contributed by atoms with E-state index in [9.17, 15) is 0 Å². The van der Waals surface area contributed by atoms with E-state index in [4.69, 9.17) is 24.9 Å². The number of rotatable bonds is 15. The zero-order valence-electron chi connectivity index (χ0n) is 63.7. The van der Waals surface area contributed by atoms with Crippen molar-refractivity contribution in [3.63, 3.8) is 0 Å². The number of aryl methyl sites for hydroxylation is 4. The van der Waals surface area contributed by atoms with Crippen LogP contribution < -0.4 is 0 Å². The Morgan fingerprint density at radius 3 is 0.827 bits per heavy atom. The van der Waals surface area contributed by atoms with Crippen LogP contribution in [0, 0.1) is 57.3 Å². The molecule has 0 saturated carbocycles. The van der Waals surface area contributed by atoms with Crippen LogP contribution >= 0.6 is 0 Å². The molecule has 104 heavy (non-hydrogen) atoms. The molecular formula is C99H103N5. The lowest BCUT2D eigenvalue weighted by Gasteiger charge is -2.12. The van der Waals surface area contributed by atoms with E-state index < -0.39 is 0 Å². The molecule has 0 aliphatic heterocycles. The first-order valence-corrected chi connectivity index (χ1v) is 37.5. The summed E-state index contributed by atoms with van der Waals surface area (Å²) < 4.78 is 0. The summed E-state index contributed by atoms with van der Waals surface area (Å²) in [7, 11) is 0. The zero-order chi connectivity index (χ0) is 73.2. The summed E-state index contributed by atoms with van der Waals surface area (Å²) in [5, 5.41) is 6.40. The van der Waals surface area contributed by atoms with Crippen LogP contribution in [0.3, 0.4) is 0 Å². The van der Waals surface area contributed by atoms with Gasteiger partial charge in [0.2, 0.25) is 0 Å². The molecule has 0 unspecified atom stereocenters. The fourth-order valence-electron chi connectivity index (χ4n) is 14.0. The fraction of sp³-hybridized carbons (Fsp3) is 0.242. The van der Waals surface area contributed by atoms with Crippen LogP contribution in [0.2, 0.25) is 0 Å². The second kappa shape index (κ2) is 35.4. The predicted octanol–water partition coefficient (Wildman–Crippen LogP) is 26.7. The number of hydrogen-bond donors (Lipinski definition) is 0. The van der Waals surface area contributed by atoms with Gasteiger partial charge in [-0.2, -0.15) is 0 Å². The molecule has 0 fully saturated rings. The van der Waals surface area contributed by atoms with Crippen molar-refractivity contribution in [3.05, 3.63) is 329 Å². The molecule has 524 valence electrons. The van der Waals surface area contributed by atoms with Gasteiger partial charge in [-0.05, 0) is 202 Å². The molecule has 5 aromatic heterocycles. The minimum absolute atomic E-state index is 0.637. The van der Waals surface area contributed by atoms with Crippen molar-refractivity contribution < 1.29 is 0 Å². The maximum absolute atomic E-state index is 4.90. The van der Waals surface area contributed by atoms with Crippen LogP contribution in [-0.4, -0.2) is 24.9 Å². The van der Waals surface area contributed by atoms with E-state index in [1.807, 2.05) is 12.1 Å². The highest BCUT2D eigenvalue weighted by molar-refractivity contribution is 5.89. The minimum Gasteiger partial charge on any atom is -0.248 e. The molecule has 10 aromatic carbocycles. The van der Waals surface area contributed by atoms with Gasteiger partial charge < -0.3 is 0 Å². The van der Waals surface area contributed by atoms with Crippen LogP contribution in [-0.2, 0) is 32.1 Å². The van der Waals surface area contributed by atoms with E-state index in [1.54, 1.807) is 0 Å². The molecule has 5 heteroatoms. The third-order valence-corrected chi connectivity index (χ3v) is 18.5. The van der Waals surface area contributed by atoms with E-state index in [-0.39, 0.29) is 0 Å². The molecular weight excluding hydrogens is 1260 g/mol. The Labute approximate surface area is 619 Å². The molecule has 0 aliphatic rings. The molecule has 0 saturated heterocycles. The second-order valence-electron chi connectivity index (χ2n) is 30.2. The van der Waals surface area contributed by atoms with Crippen molar-refractivity contribution in [1.29, 1.82) is 0 Å². The number of hydrogen-bond acceptors (Lipinski definition) is 5. The van der Waals surface area contributed by atoms with Gasteiger partial charge >= 0.3 is 0 Å². The van der Waals surface area contributed by atoms with Gasteiger partial charge in [0.15, 0.2) is 0 Å². The van der Waals surface area contributed by atoms with Crippen molar-refractivity contribution in [3.8, 4) is 56.3 Å². The van der Waals surface area contributed by atoms with Crippen LogP contribution in [0.5, 0.6) is 0 Å². The maximum atomic E-state index is 4.90. The lowest BCUT2D eigenvalue weighted by Crippen LogP contribution is -1.98. The third kappa shape index (κ3) is 20.1. The van der Waals surface area contributed by atoms with Gasteiger partial charge in [-0.25, -0.2) is 24.9 Å². The van der Waals surface area contributed by atoms with Crippen LogP contribution in [0.1, 0.15) is 119 Å². The zero-order valence-corrected chi connectivity index (χ0v) is 63.7. The molecule has 0 bridgehead atoms. The van der Waals surface area contributed by atoms with Crippen molar-refractivity contribution >= 4 is 54.5 Å². The van der Waals surface area contributed by atoms with Gasteiger partial charge in [0.25, 0.3) is 0 Å². The first-order valence-electron chi connectivity index (χ1n) is 37.5. The predicted molar refractivity (Wildman–Crippen MR) is 448 cm³/mol. The van der Waals surface area contributed by atoms with Gasteiger partial charge in [-0.3, -0.25) is 0 Å². The standard InChI is InChI=1S/C21H23N.2C20H21N.2C19H19N/c1-14(2)9-17-13-21(18-11-15(3)10-16(4)12-18)22-20-8-6-5-7-19(17)20;1-14(2)12-16-7-5-9-20-18(16)10-11-19(21-20)17-8-4-6-15(3)13-17;1-14(2)11-17-13-20(16-8-6-7-15(3)12-16)21-19-10-5-4-9-18(17)19;1-14(2)12-16-13-19(15-8-4-3-5-9-15)20-18-11-7-6-10-17(16)18;1-14(2)13-16-9-6-10-19-17(16)11-12-18(20-19)15-7-4-3-5-8-15/h5-8,10-14H,9H2,1-4H3;4-11,13-14H,12H2,1-3H3;4-10,12-14H,11H2,1-3H3;3-11,13-14H,12H2,1-2H3;3-12,14H,13H2,1-2H3. The van der Waals surface area contributed by atoms with Crippen LogP contribution in [0.4, 0.5) is 0 Å². The SMILES string of the molecule is CC(C)Cc1cc(-c2ccccc2)nc2ccccc12.CC(C)Cc1cccc2nc(-c3ccccc3)ccc12.Cc1cc(C)cc(-c2cc(CC(C)C)c3ccccc3n2)c1.Cc1cccc(-c2cc(CC(C)C)c3ccccc3n2)c1.Cc1cccc(-c2ccc3c(CC(C)C)cccc3n2)c1. The fourth-order valence-corrected chi connectivity index (χ4v) is 14.0. The first kappa shape index (κ1) is 74.4. The van der Waals surface area contributed by atoms with Crippen molar-refractivity contribution in [2.24, 2.45) is 29.6 Å². The number of nitrogens with zero attached hydrogens (tertiary/aromatic N) is 5. The van der Waals surface area contributed by atoms with Crippen LogP contribution in [0.25, 0.3) is 111 Å². The minimum atomic E-state index is 0.637. The number of para-hydroxylation sites is 3. The van der Waals surface area contributed by atoms with Gasteiger partial charge in [0.1, 0.15) is 0 Å². The van der Waals surface area contributed by atoms with E-state index in [0.717, 1.165) is 88.2 Å². The Balaban J connectivity index is 0.000000130.